The lowest BCUT2D eigenvalue weighted by Gasteiger charge is -2.42. The van der Waals surface area contributed by atoms with Gasteiger partial charge in [-0.05, 0) is 35.6 Å². The molecule has 2 amide bonds. The van der Waals surface area contributed by atoms with Crippen molar-refractivity contribution in [2.24, 2.45) is 5.92 Å². The standard InChI is InChI=1S/C24H29N3O3/c1-17(2)22(28)27-11-12-30-24(16-27,23(29)26-21-8-9-21)14-18-5-3-6-19(13-18)20-7-4-10-25-15-20/h3-7,10,13,15,17,21H,8-9,11-12,14,16H2,1-2H3,(H,26,29)/t24-/m0/s1. The third-order valence-corrected chi connectivity index (χ3v) is 5.73. The second-order valence-electron chi connectivity index (χ2n) is 8.62. The highest BCUT2D eigenvalue weighted by atomic mass is 16.5. The Hall–Kier alpha value is -2.73. The summed E-state index contributed by atoms with van der Waals surface area (Å²) in [4.78, 5) is 31.9. The van der Waals surface area contributed by atoms with Gasteiger partial charge in [-0.25, -0.2) is 0 Å². The van der Waals surface area contributed by atoms with Gasteiger partial charge in [-0.1, -0.05) is 44.2 Å². The highest BCUT2D eigenvalue weighted by Crippen LogP contribution is 2.29. The molecule has 0 unspecified atom stereocenters. The maximum absolute atomic E-state index is 13.3. The van der Waals surface area contributed by atoms with E-state index in [1.165, 1.54) is 0 Å². The molecule has 1 aliphatic heterocycles. The first kappa shape index (κ1) is 20.5. The van der Waals surface area contributed by atoms with Gasteiger partial charge in [-0.15, -0.1) is 0 Å². The molecule has 2 aromatic rings. The van der Waals surface area contributed by atoms with E-state index in [1.807, 2.05) is 50.4 Å². The molecule has 1 aromatic carbocycles. The minimum atomic E-state index is -1.07. The zero-order valence-electron chi connectivity index (χ0n) is 17.6. The normalized spacial score (nSPS) is 21.5. The highest BCUT2D eigenvalue weighted by Gasteiger charge is 2.46. The number of hydrogen-bond donors (Lipinski definition) is 1. The van der Waals surface area contributed by atoms with Crippen molar-refractivity contribution in [3.63, 3.8) is 0 Å². The van der Waals surface area contributed by atoms with E-state index in [4.69, 9.17) is 4.74 Å². The van der Waals surface area contributed by atoms with Gasteiger partial charge in [-0.2, -0.15) is 0 Å². The number of rotatable bonds is 6. The number of morpholine rings is 1. The predicted octanol–water partition coefficient (Wildman–Crippen LogP) is 2.82. The molecule has 4 rings (SSSR count). The van der Waals surface area contributed by atoms with Crippen molar-refractivity contribution in [1.29, 1.82) is 0 Å². The zero-order chi connectivity index (χ0) is 21.1. The molecule has 1 N–H and O–H groups in total. The van der Waals surface area contributed by atoms with Crippen LogP contribution in [0.1, 0.15) is 32.3 Å². The molecule has 2 fully saturated rings. The van der Waals surface area contributed by atoms with Crippen molar-refractivity contribution in [3.05, 3.63) is 54.4 Å². The van der Waals surface area contributed by atoms with E-state index in [-0.39, 0.29) is 30.3 Å². The number of amides is 2. The van der Waals surface area contributed by atoms with Gasteiger partial charge in [-0.3, -0.25) is 14.6 Å². The van der Waals surface area contributed by atoms with Gasteiger partial charge in [0.05, 0.1) is 13.2 Å². The molecule has 1 saturated heterocycles. The Labute approximate surface area is 177 Å². The van der Waals surface area contributed by atoms with Crippen LogP contribution in [0.5, 0.6) is 0 Å². The number of hydrogen-bond acceptors (Lipinski definition) is 4. The third kappa shape index (κ3) is 4.54. The largest absolute Gasteiger partial charge is 0.361 e. The molecule has 1 saturated carbocycles. The average Bonchev–Trinajstić information content (AvgIpc) is 3.58. The summed E-state index contributed by atoms with van der Waals surface area (Å²) in [5.74, 6) is -0.162. The molecule has 6 heteroatoms. The molecule has 158 valence electrons. The number of pyridine rings is 1. The van der Waals surface area contributed by atoms with Gasteiger partial charge in [0.25, 0.3) is 5.91 Å². The molecular formula is C24H29N3O3. The second-order valence-corrected chi connectivity index (χ2v) is 8.62. The Morgan fingerprint density at radius 1 is 1.23 bits per heavy atom. The van der Waals surface area contributed by atoms with Crippen molar-refractivity contribution in [1.82, 2.24) is 15.2 Å². The number of ether oxygens (including phenoxy) is 1. The summed E-state index contributed by atoms with van der Waals surface area (Å²) < 4.78 is 6.15. The van der Waals surface area contributed by atoms with Gasteiger partial charge in [0.1, 0.15) is 0 Å². The Morgan fingerprint density at radius 3 is 2.73 bits per heavy atom. The lowest BCUT2D eigenvalue weighted by atomic mass is 9.89. The SMILES string of the molecule is CC(C)C(=O)N1CCO[C@](Cc2cccc(-c3cccnc3)c2)(C(=O)NC2CC2)C1. The lowest BCUT2D eigenvalue weighted by Crippen LogP contribution is -2.62. The monoisotopic (exact) mass is 407 g/mol. The van der Waals surface area contributed by atoms with E-state index in [9.17, 15) is 9.59 Å². The van der Waals surface area contributed by atoms with Crippen molar-refractivity contribution in [3.8, 4) is 11.1 Å². The fourth-order valence-electron chi connectivity index (χ4n) is 3.93. The van der Waals surface area contributed by atoms with E-state index in [0.717, 1.165) is 29.5 Å². The molecule has 30 heavy (non-hydrogen) atoms. The average molecular weight is 408 g/mol. The molecule has 0 bridgehead atoms. The van der Waals surface area contributed by atoms with Gasteiger partial charge in [0.15, 0.2) is 5.60 Å². The van der Waals surface area contributed by atoms with Crippen LogP contribution in [-0.2, 0) is 20.7 Å². The second kappa shape index (κ2) is 8.56. The molecule has 2 aliphatic rings. The first-order valence-electron chi connectivity index (χ1n) is 10.7. The molecule has 1 atom stereocenters. The number of benzene rings is 1. The van der Waals surface area contributed by atoms with E-state index in [1.54, 1.807) is 11.1 Å². The maximum atomic E-state index is 13.3. The lowest BCUT2D eigenvalue weighted by molar-refractivity contribution is -0.167. The van der Waals surface area contributed by atoms with Gasteiger partial charge < -0.3 is 15.0 Å². The summed E-state index contributed by atoms with van der Waals surface area (Å²) in [6.07, 6.45) is 6.01. The first-order valence-corrected chi connectivity index (χ1v) is 10.7. The Bertz CT molecular complexity index is 911. The van der Waals surface area contributed by atoms with Crippen LogP contribution in [0, 0.1) is 5.92 Å². The number of nitrogens with one attached hydrogen (secondary N) is 1. The van der Waals surface area contributed by atoms with Crippen LogP contribution in [0.15, 0.2) is 48.8 Å². The van der Waals surface area contributed by atoms with Crippen LogP contribution >= 0.6 is 0 Å². The Morgan fingerprint density at radius 2 is 2.03 bits per heavy atom. The quantitative estimate of drug-likeness (QED) is 0.799. The van der Waals surface area contributed by atoms with Gasteiger partial charge >= 0.3 is 0 Å². The topological polar surface area (TPSA) is 71.5 Å². The van der Waals surface area contributed by atoms with Crippen LogP contribution in [0.2, 0.25) is 0 Å². The Balaban J connectivity index is 1.62. The van der Waals surface area contributed by atoms with Crippen LogP contribution in [0.4, 0.5) is 0 Å². The third-order valence-electron chi connectivity index (χ3n) is 5.73. The summed E-state index contributed by atoms with van der Waals surface area (Å²) in [6, 6.07) is 12.3. The van der Waals surface area contributed by atoms with E-state index in [0.29, 0.717) is 19.6 Å². The molecule has 1 aliphatic carbocycles. The van der Waals surface area contributed by atoms with Crippen molar-refractivity contribution < 1.29 is 14.3 Å². The van der Waals surface area contributed by atoms with E-state index >= 15 is 0 Å². The fraction of sp³-hybridized carbons (Fsp3) is 0.458. The summed E-state index contributed by atoms with van der Waals surface area (Å²) in [7, 11) is 0. The van der Waals surface area contributed by atoms with Gasteiger partial charge in [0.2, 0.25) is 5.91 Å². The maximum Gasteiger partial charge on any atom is 0.254 e. The van der Waals surface area contributed by atoms with Crippen LogP contribution in [-0.4, -0.2) is 53.0 Å². The highest BCUT2D eigenvalue weighted by molar-refractivity contribution is 5.88. The molecule has 1 aromatic heterocycles. The Kier molecular flexibility index (Phi) is 5.86. The summed E-state index contributed by atoms with van der Waals surface area (Å²) >= 11 is 0. The molecular weight excluding hydrogens is 378 g/mol. The van der Waals surface area contributed by atoms with Crippen molar-refractivity contribution in [2.75, 3.05) is 19.7 Å². The molecule has 0 radical (unpaired) electrons. The van der Waals surface area contributed by atoms with Crippen LogP contribution < -0.4 is 5.32 Å². The van der Waals surface area contributed by atoms with Crippen molar-refractivity contribution >= 4 is 11.8 Å². The predicted molar refractivity (Wildman–Crippen MR) is 115 cm³/mol. The minimum Gasteiger partial charge on any atom is -0.361 e. The summed E-state index contributed by atoms with van der Waals surface area (Å²) in [5.41, 5.74) is 2.00. The van der Waals surface area contributed by atoms with Crippen molar-refractivity contribution in [2.45, 2.75) is 44.8 Å². The van der Waals surface area contributed by atoms with Crippen LogP contribution in [0.3, 0.4) is 0 Å². The smallest absolute Gasteiger partial charge is 0.254 e. The zero-order valence-corrected chi connectivity index (χ0v) is 17.6. The minimum absolute atomic E-state index is 0.0611. The van der Waals surface area contributed by atoms with Gasteiger partial charge in [0, 0.05) is 37.3 Å². The number of aromatic nitrogens is 1. The summed E-state index contributed by atoms with van der Waals surface area (Å²) in [6.45, 7) is 4.94. The first-order chi connectivity index (χ1) is 14.5. The number of nitrogens with zero attached hydrogens (tertiary/aromatic N) is 2. The molecule has 2 heterocycles. The number of carbonyl (C=O) groups is 2. The molecule has 6 nitrogen and oxygen atoms in total. The van der Waals surface area contributed by atoms with E-state index < -0.39 is 5.60 Å². The van der Waals surface area contributed by atoms with E-state index in [2.05, 4.69) is 16.4 Å². The fourth-order valence-corrected chi connectivity index (χ4v) is 3.93. The number of carbonyl (C=O) groups excluding carboxylic acids is 2. The summed E-state index contributed by atoms with van der Waals surface area (Å²) in [5, 5.41) is 3.11. The molecule has 0 spiro atoms. The van der Waals surface area contributed by atoms with Crippen LogP contribution in [0.25, 0.3) is 11.1 Å².